The van der Waals surface area contributed by atoms with Crippen molar-refractivity contribution in [2.24, 2.45) is 17.8 Å². The maximum absolute atomic E-state index is 11.8. The molecule has 6 heterocycles. The molecule has 13 nitrogen and oxygen atoms in total. The number of hydrogen-bond acceptors (Lipinski definition) is 13. The van der Waals surface area contributed by atoms with Gasteiger partial charge in [-0.15, -0.1) is 13.2 Å². The lowest BCUT2D eigenvalue weighted by Crippen LogP contribution is -2.67. The maximum Gasteiger partial charge on any atom is 0.349 e. The highest BCUT2D eigenvalue weighted by molar-refractivity contribution is 6.74. The summed E-state index contributed by atoms with van der Waals surface area (Å²) >= 11 is 0. The Kier molecular flexibility index (Phi) is 18.7. The lowest BCUT2D eigenvalue weighted by atomic mass is 9.91. The van der Waals surface area contributed by atoms with Crippen LogP contribution in [0.3, 0.4) is 0 Å². The van der Waals surface area contributed by atoms with Crippen molar-refractivity contribution in [2.75, 3.05) is 19.8 Å². The number of rotatable bonds is 7. The van der Waals surface area contributed by atoms with Crippen LogP contribution in [0.2, 0.25) is 38.3 Å². The third-order valence-electron chi connectivity index (χ3n) is 15.6. The molecule has 15 atom stereocenters. The summed E-state index contributed by atoms with van der Waals surface area (Å²) in [6.45, 7) is 51.9. The second-order valence-electron chi connectivity index (χ2n) is 26.0. The van der Waals surface area contributed by atoms with Gasteiger partial charge >= 0.3 is 23.1 Å². The quantitative estimate of drug-likeness (QED) is 0.126. The third kappa shape index (κ3) is 12.3. The van der Waals surface area contributed by atoms with E-state index in [1.165, 1.54) is 0 Å². The number of aliphatic hydroxyl groups is 3. The van der Waals surface area contributed by atoms with Crippen LogP contribution in [0.1, 0.15) is 144 Å². The van der Waals surface area contributed by atoms with Gasteiger partial charge in [0.05, 0.1) is 68.5 Å². The molecule has 6 aliphatic heterocycles. The zero-order chi connectivity index (χ0) is 51.3. The fraction of sp³-hybridized carbons (Fsp3) is 0.902. The molecule has 390 valence electrons. The fourth-order valence-corrected chi connectivity index (χ4v) is 22.2. The number of ether oxygens (including phenoxy) is 4. The van der Waals surface area contributed by atoms with Crippen LogP contribution in [0.25, 0.3) is 0 Å². The first-order valence-electron chi connectivity index (χ1n) is 25.1. The summed E-state index contributed by atoms with van der Waals surface area (Å²) in [6.07, 6.45) is 2.56. The van der Waals surface area contributed by atoms with Gasteiger partial charge in [0.15, 0.2) is 8.32 Å². The molecular weight excluding hydrogens is 905 g/mol. The number of esters is 1. The van der Waals surface area contributed by atoms with Gasteiger partial charge in [-0.25, -0.2) is 0 Å². The Balaban J connectivity index is 0.000000220. The molecule has 0 aliphatic carbocycles. The minimum absolute atomic E-state index is 0.0479. The van der Waals surface area contributed by atoms with E-state index in [0.717, 1.165) is 6.42 Å². The molecule has 6 rings (SSSR count). The van der Waals surface area contributed by atoms with Gasteiger partial charge in [-0.05, 0) is 25.1 Å². The summed E-state index contributed by atoms with van der Waals surface area (Å²) in [5.74, 6) is -0.133. The van der Waals surface area contributed by atoms with Crippen LogP contribution in [-0.4, -0.2) is 140 Å². The molecule has 16 heteroatoms. The minimum atomic E-state index is -2.49. The molecule has 0 spiro atoms. The molecule has 6 aliphatic rings. The van der Waals surface area contributed by atoms with Crippen LogP contribution in [0.15, 0.2) is 25.3 Å². The van der Waals surface area contributed by atoms with Crippen LogP contribution < -0.4 is 0 Å². The number of carbonyl (C=O) groups excluding carboxylic acids is 1. The van der Waals surface area contributed by atoms with E-state index in [9.17, 15) is 20.1 Å². The van der Waals surface area contributed by atoms with Crippen molar-refractivity contribution < 1.29 is 61.2 Å². The van der Waals surface area contributed by atoms with Crippen molar-refractivity contribution in [2.45, 2.75) is 255 Å². The summed E-state index contributed by atoms with van der Waals surface area (Å²) < 4.78 is 56.3. The smallest absolute Gasteiger partial charge is 0.349 e. The Labute approximate surface area is 409 Å². The average molecular weight is 1000 g/mol. The van der Waals surface area contributed by atoms with Gasteiger partial charge in [0.1, 0.15) is 30.5 Å². The molecule has 0 unspecified atom stereocenters. The summed E-state index contributed by atoms with van der Waals surface area (Å²) in [7, 11) is -6.93. The topological polar surface area (TPSA) is 161 Å². The van der Waals surface area contributed by atoms with Crippen LogP contribution in [0, 0.1) is 17.8 Å². The SMILES string of the molecule is C=C[C@H](C)[C@@H]1O[C@@H]2CO[Si](C(C)(C)C)(C(C)(C)C)O[C@@H]2C[C@@H]1O.C=C[C@H](C)[C@@H]1O[C@H](CO)[C@H](O)C[C@@H]1O[Si](C)(C)C(C)(C)C.C[C@H]1C(=O)O[C@H]2C[C@H]3O[Si](C(C)(C)C)(C(C)(C)C)OC[C@H]3O[C@H]21. The van der Waals surface area contributed by atoms with E-state index in [1.807, 2.05) is 32.9 Å². The number of carbonyl (C=O) groups is 1. The second kappa shape index (κ2) is 21.3. The standard InChI is InChI=1S/C18H34O4Si.C17H30O5Si.C16H32O4Si/c1-9-12(2)16-13(19)10-14-15(21-16)11-20-23(22-14,17(3,4)5)18(6,7)8;1-10-14-12(21-15(10)18)8-11-13(20-14)9-19-23(22-11,16(2,3)4)17(5,6)7;1-8-11(2)15-13(9-12(18)14(10-17)19-15)20-21(6,7)16(3,4)5/h9,12-16,19H,1,10-11H2,2-8H3;10-14H,8-9H2,1-7H3;8,11-15,17-18H,1,9-10H2,2-7H3/t12-,13-,14+,15+,16-;10-,11-,12+,13-,14+;11-,12+,13-,14+,15-/m010/s1. The van der Waals surface area contributed by atoms with Gasteiger partial charge in [-0.2, -0.15) is 0 Å². The number of aliphatic hydroxyl groups excluding tert-OH is 3. The third-order valence-corrected chi connectivity index (χ3v) is 30.4. The van der Waals surface area contributed by atoms with E-state index in [0.29, 0.717) is 26.1 Å². The summed E-state index contributed by atoms with van der Waals surface area (Å²) in [5.41, 5.74) is 0. The van der Waals surface area contributed by atoms with Gasteiger partial charge in [0.2, 0.25) is 0 Å². The van der Waals surface area contributed by atoms with Gasteiger partial charge in [-0.3, -0.25) is 4.79 Å². The van der Waals surface area contributed by atoms with Crippen molar-refractivity contribution in [3.05, 3.63) is 25.3 Å². The molecule has 0 aromatic rings. The van der Waals surface area contributed by atoms with E-state index in [1.54, 1.807) is 0 Å². The molecule has 0 radical (unpaired) electrons. The minimum Gasteiger partial charge on any atom is -0.459 e. The van der Waals surface area contributed by atoms with Crippen LogP contribution in [0.4, 0.5) is 0 Å². The van der Waals surface area contributed by atoms with Crippen LogP contribution in [0.5, 0.6) is 0 Å². The van der Waals surface area contributed by atoms with Crippen LogP contribution >= 0.6 is 0 Å². The molecule has 0 aromatic carbocycles. The normalized spacial score (nSPS) is 36.5. The predicted molar refractivity (Wildman–Crippen MR) is 271 cm³/mol. The first kappa shape index (κ1) is 58.7. The molecule has 6 fully saturated rings. The van der Waals surface area contributed by atoms with Crippen molar-refractivity contribution in [1.29, 1.82) is 0 Å². The lowest BCUT2D eigenvalue weighted by Gasteiger charge is -2.56. The Morgan fingerprint density at radius 3 is 1.55 bits per heavy atom. The number of fused-ring (bicyclic) bond motifs is 3. The second-order valence-corrected chi connectivity index (χ2v) is 40.3. The summed E-state index contributed by atoms with van der Waals surface area (Å²) in [6, 6.07) is 0. The highest BCUT2D eigenvalue weighted by atomic mass is 28.4. The van der Waals surface area contributed by atoms with Gasteiger partial charge in [-0.1, -0.05) is 130 Å². The lowest BCUT2D eigenvalue weighted by molar-refractivity contribution is -0.206. The Bertz CT molecular complexity index is 1620. The average Bonchev–Trinajstić information content (AvgIpc) is 3.47. The van der Waals surface area contributed by atoms with Gasteiger partial charge in [0, 0.05) is 51.3 Å². The van der Waals surface area contributed by atoms with Gasteiger partial charge < -0.3 is 56.4 Å². The van der Waals surface area contributed by atoms with Crippen molar-refractivity contribution >= 4 is 31.4 Å². The molecular formula is C51H96O13Si3. The molecule has 0 saturated carbocycles. The first-order valence-corrected chi connectivity index (χ1v) is 31.7. The highest BCUT2D eigenvalue weighted by Gasteiger charge is 2.65. The van der Waals surface area contributed by atoms with E-state index in [4.69, 9.17) is 41.1 Å². The molecule has 0 aromatic heterocycles. The molecule has 0 amide bonds. The molecule has 3 N–H and O–H groups in total. The largest absolute Gasteiger partial charge is 0.459 e. The van der Waals surface area contributed by atoms with Crippen molar-refractivity contribution in [1.82, 2.24) is 0 Å². The monoisotopic (exact) mass is 1000 g/mol. The van der Waals surface area contributed by atoms with E-state index in [2.05, 4.69) is 130 Å². The predicted octanol–water partition coefficient (Wildman–Crippen LogP) is 9.66. The zero-order valence-corrected chi connectivity index (χ0v) is 48.4. The van der Waals surface area contributed by atoms with E-state index in [-0.39, 0.29) is 110 Å². The molecule has 6 saturated heterocycles. The highest BCUT2D eigenvalue weighted by Crippen LogP contribution is 2.57. The zero-order valence-electron chi connectivity index (χ0n) is 45.4. The Morgan fingerprint density at radius 1 is 0.672 bits per heavy atom. The summed E-state index contributed by atoms with van der Waals surface area (Å²) in [5, 5.41) is 29.9. The van der Waals surface area contributed by atoms with E-state index < -0.39 is 43.8 Å². The first-order chi connectivity index (χ1) is 30.4. The van der Waals surface area contributed by atoms with Gasteiger partial charge in [0.25, 0.3) is 0 Å². The Morgan fingerprint density at radius 2 is 1.12 bits per heavy atom. The van der Waals surface area contributed by atoms with Crippen molar-refractivity contribution in [3.63, 3.8) is 0 Å². The summed E-state index contributed by atoms with van der Waals surface area (Å²) in [4.78, 5) is 11.8. The molecule has 0 bridgehead atoms. The fourth-order valence-electron chi connectivity index (χ4n) is 10.9. The Hall–Kier alpha value is -0.839. The maximum atomic E-state index is 11.8. The number of hydrogen-bond donors (Lipinski definition) is 3. The van der Waals surface area contributed by atoms with E-state index >= 15 is 0 Å². The van der Waals surface area contributed by atoms with Crippen LogP contribution in [-0.2, 0) is 45.9 Å². The van der Waals surface area contributed by atoms with Crippen molar-refractivity contribution in [3.8, 4) is 0 Å². The molecule has 67 heavy (non-hydrogen) atoms.